The summed E-state index contributed by atoms with van der Waals surface area (Å²) in [5.41, 5.74) is 0.455. The van der Waals surface area contributed by atoms with E-state index in [0.717, 1.165) is 0 Å². The van der Waals surface area contributed by atoms with Crippen molar-refractivity contribution >= 4 is 40.7 Å². The van der Waals surface area contributed by atoms with Gasteiger partial charge in [0.1, 0.15) is 0 Å². The predicted octanol–water partition coefficient (Wildman–Crippen LogP) is 3.83. The van der Waals surface area contributed by atoms with Gasteiger partial charge in [-0.25, -0.2) is 0 Å². The maximum atomic E-state index is 12.4. The lowest BCUT2D eigenvalue weighted by Crippen LogP contribution is -2.43. The van der Waals surface area contributed by atoms with Crippen LogP contribution in [-0.2, 0) is 9.59 Å². The molecule has 0 bridgehead atoms. The highest BCUT2D eigenvalue weighted by molar-refractivity contribution is 6.39. The van der Waals surface area contributed by atoms with Gasteiger partial charge < -0.3 is 10.2 Å². The summed E-state index contributed by atoms with van der Waals surface area (Å²) in [7, 11) is 0. The van der Waals surface area contributed by atoms with Gasteiger partial charge in [-0.2, -0.15) is 0 Å². The molecule has 2 amide bonds. The van der Waals surface area contributed by atoms with Gasteiger partial charge in [0, 0.05) is 24.9 Å². The Kier molecular flexibility index (Phi) is 5.70. The molecular weight excluding hydrogens is 323 g/mol. The van der Waals surface area contributed by atoms with Crippen molar-refractivity contribution in [2.45, 2.75) is 26.7 Å². The van der Waals surface area contributed by atoms with Gasteiger partial charge in [0.25, 0.3) is 0 Å². The summed E-state index contributed by atoms with van der Waals surface area (Å²) < 4.78 is 0. The standard InChI is InChI=1S/C16H20Cl2N2O2/c1-10(2)16(22)20-8-6-11(7-9-20)15(21)19-14-12(17)4-3-5-13(14)18/h3-5,10-11H,6-9H2,1-2H3,(H,19,21). The van der Waals surface area contributed by atoms with Crippen LogP contribution in [0.3, 0.4) is 0 Å². The van der Waals surface area contributed by atoms with Crippen molar-refractivity contribution in [3.63, 3.8) is 0 Å². The van der Waals surface area contributed by atoms with Crippen molar-refractivity contribution < 1.29 is 9.59 Å². The van der Waals surface area contributed by atoms with E-state index in [1.165, 1.54) is 0 Å². The SMILES string of the molecule is CC(C)C(=O)N1CCC(C(=O)Nc2c(Cl)cccc2Cl)CC1. The number of para-hydroxylation sites is 1. The maximum absolute atomic E-state index is 12.4. The third kappa shape index (κ3) is 3.93. The Labute approximate surface area is 140 Å². The number of halogens is 2. The fraction of sp³-hybridized carbons (Fsp3) is 0.500. The number of hydrogen-bond donors (Lipinski definition) is 1. The van der Waals surface area contributed by atoms with Gasteiger partial charge in [0.2, 0.25) is 11.8 Å². The number of benzene rings is 1. The molecule has 1 aliphatic rings. The van der Waals surface area contributed by atoms with Crippen LogP contribution in [0.5, 0.6) is 0 Å². The molecule has 1 N–H and O–H groups in total. The van der Waals surface area contributed by atoms with E-state index in [1.807, 2.05) is 18.7 Å². The number of carbonyl (C=O) groups excluding carboxylic acids is 2. The molecule has 0 radical (unpaired) electrons. The first kappa shape index (κ1) is 17.1. The number of amides is 2. The van der Waals surface area contributed by atoms with E-state index in [-0.39, 0.29) is 23.7 Å². The smallest absolute Gasteiger partial charge is 0.227 e. The minimum atomic E-state index is -0.122. The van der Waals surface area contributed by atoms with E-state index in [2.05, 4.69) is 5.32 Å². The topological polar surface area (TPSA) is 49.4 Å². The lowest BCUT2D eigenvalue weighted by atomic mass is 9.95. The van der Waals surface area contributed by atoms with Gasteiger partial charge in [-0.1, -0.05) is 43.1 Å². The second kappa shape index (κ2) is 7.34. The van der Waals surface area contributed by atoms with Crippen LogP contribution in [0.25, 0.3) is 0 Å². The highest BCUT2D eigenvalue weighted by Crippen LogP contribution is 2.31. The quantitative estimate of drug-likeness (QED) is 0.907. The Bertz CT molecular complexity index is 547. The highest BCUT2D eigenvalue weighted by atomic mass is 35.5. The van der Waals surface area contributed by atoms with E-state index in [1.54, 1.807) is 18.2 Å². The first-order chi connectivity index (χ1) is 10.4. The lowest BCUT2D eigenvalue weighted by Gasteiger charge is -2.32. The van der Waals surface area contributed by atoms with Gasteiger partial charge in [-0.15, -0.1) is 0 Å². The summed E-state index contributed by atoms with van der Waals surface area (Å²) >= 11 is 12.1. The molecule has 1 aromatic carbocycles. The van der Waals surface area contributed by atoms with Crippen LogP contribution in [0.15, 0.2) is 18.2 Å². The van der Waals surface area contributed by atoms with Crippen LogP contribution < -0.4 is 5.32 Å². The Morgan fingerprint density at radius 2 is 1.73 bits per heavy atom. The Hall–Kier alpha value is -1.26. The second-order valence-corrected chi connectivity index (χ2v) is 6.65. The molecule has 1 aliphatic heterocycles. The van der Waals surface area contributed by atoms with E-state index >= 15 is 0 Å². The van der Waals surface area contributed by atoms with Gasteiger partial charge >= 0.3 is 0 Å². The molecule has 0 unspecified atom stereocenters. The van der Waals surface area contributed by atoms with Crippen LogP contribution in [-0.4, -0.2) is 29.8 Å². The number of anilines is 1. The zero-order valence-electron chi connectivity index (χ0n) is 12.7. The molecule has 0 atom stereocenters. The third-order valence-electron chi connectivity index (χ3n) is 3.88. The number of piperidine rings is 1. The molecule has 1 aromatic rings. The van der Waals surface area contributed by atoms with Crippen molar-refractivity contribution in [3.8, 4) is 0 Å². The normalized spacial score (nSPS) is 16.0. The van der Waals surface area contributed by atoms with Gasteiger partial charge in [-0.05, 0) is 25.0 Å². The minimum absolute atomic E-state index is 0.00712. The van der Waals surface area contributed by atoms with E-state index in [0.29, 0.717) is 41.7 Å². The molecule has 1 saturated heterocycles. The molecule has 22 heavy (non-hydrogen) atoms. The molecule has 0 saturated carbocycles. The van der Waals surface area contributed by atoms with E-state index in [9.17, 15) is 9.59 Å². The summed E-state index contributed by atoms with van der Waals surface area (Å²) in [6.07, 6.45) is 1.32. The molecule has 1 heterocycles. The van der Waals surface area contributed by atoms with E-state index < -0.39 is 0 Å². The first-order valence-corrected chi connectivity index (χ1v) is 8.19. The molecular formula is C16H20Cl2N2O2. The summed E-state index contributed by atoms with van der Waals surface area (Å²) in [6, 6.07) is 5.11. The predicted molar refractivity (Wildman–Crippen MR) is 89.2 cm³/mol. The van der Waals surface area contributed by atoms with Crippen LogP contribution in [0.1, 0.15) is 26.7 Å². The summed E-state index contributed by atoms with van der Waals surface area (Å²) in [5.74, 6) is -0.0736. The maximum Gasteiger partial charge on any atom is 0.227 e. The average molecular weight is 343 g/mol. The molecule has 0 aromatic heterocycles. The third-order valence-corrected chi connectivity index (χ3v) is 4.51. The molecule has 1 fully saturated rings. The number of likely N-dealkylation sites (tertiary alicyclic amines) is 1. The minimum Gasteiger partial charge on any atom is -0.342 e. The highest BCUT2D eigenvalue weighted by Gasteiger charge is 2.28. The second-order valence-electron chi connectivity index (χ2n) is 5.84. The fourth-order valence-electron chi connectivity index (χ4n) is 2.57. The number of carbonyl (C=O) groups is 2. The largest absolute Gasteiger partial charge is 0.342 e. The first-order valence-electron chi connectivity index (χ1n) is 7.43. The van der Waals surface area contributed by atoms with Crippen molar-refractivity contribution in [1.29, 1.82) is 0 Å². The monoisotopic (exact) mass is 342 g/mol. The van der Waals surface area contributed by atoms with Crippen LogP contribution in [0, 0.1) is 11.8 Å². The van der Waals surface area contributed by atoms with Crippen LogP contribution in [0.4, 0.5) is 5.69 Å². The molecule has 120 valence electrons. The van der Waals surface area contributed by atoms with E-state index in [4.69, 9.17) is 23.2 Å². The molecule has 0 aliphatic carbocycles. The van der Waals surface area contributed by atoms with Crippen molar-refractivity contribution in [1.82, 2.24) is 4.90 Å². The Balaban J connectivity index is 1.94. The van der Waals surface area contributed by atoms with Crippen molar-refractivity contribution in [2.75, 3.05) is 18.4 Å². The summed E-state index contributed by atoms with van der Waals surface area (Å²) in [5, 5.41) is 3.66. The zero-order chi connectivity index (χ0) is 16.3. The van der Waals surface area contributed by atoms with Crippen molar-refractivity contribution in [3.05, 3.63) is 28.2 Å². The van der Waals surface area contributed by atoms with Gasteiger partial charge in [-0.3, -0.25) is 9.59 Å². The summed E-state index contributed by atoms with van der Waals surface area (Å²) in [6.45, 7) is 5.01. The fourth-order valence-corrected chi connectivity index (χ4v) is 3.06. The zero-order valence-corrected chi connectivity index (χ0v) is 14.2. The Morgan fingerprint density at radius 3 is 2.23 bits per heavy atom. The number of hydrogen-bond acceptors (Lipinski definition) is 2. The average Bonchev–Trinajstić information content (AvgIpc) is 2.50. The van der Waals surface area contributed by atoms with Crippen molar-refractivity contribution in [2.24, 2.45) is 11.8 Å². The van der Waals surface area contributed by atoms with Gasteiger partial charge in [0.05, 0.1) is 15.7 Å². The number of rotatable bonds is 3. The molecule has 4 nitrogen and oxygen atoms in total. The lowest BCUT2D eigenvalue weighted by molar-refractivity contribution is -0.137. The Morgan fingerprint density at radius 1 is 1.18 bits per heavy atom. The molecule has 2 rings (SSSR count). The number of nitrogens with one attached hydrogen (secondary N) is 1. The van der Waals surface area contributed by atoms with Gasteiger partial charge in [0.15, 0.2) is 0 Å². The molecule has 6 heteroatoms. The van der Waals surface area contributed by atoms with Crippen LogP contribution in [0.2, 0.25) is 10.0 Å². The number of nitrogens with zero attached hydrogens (tertiary/aromatic N) is 1. The summed E-state index contributed by atoms with van der Waals surface area (Å²) in [4.78, 5) is 26.1. The van der Waals surface area contributed by atoms with Crippen LogP contribution >= 0.6 is 23.2 Å². The molecule has 0 spiro atoms.